The Morgan fingerprint density at radius 2 is 2.42 bits per heavy atom. The van der Waals surface area contributed by atoms with Crippen molar-refractivity contribution in [2.24, 2.45) is 0 Å². The number of allylic oxidation sites excluding steroid dienone is 1. The van der Waals surface area contributed by atoms with Crippen molar-refractivity contribution in [1.29, 1.82) is 0 Å². The van der Waals surface area contributed by atoms with Gasteiger partial charge in [-0.25, -0.2) is 0 Å². The lowest BCUT2D eigenvalue weighted by Crippen LogP contribution is -2.03. The molecule has 1 aromatic heterocycles. The Hall–Kier alpha value is -1.31. The zero-order valence-electron chi connectivity index (χ0n) is 7.12. The third kappa shape index (κ3) is 1.09. The molecule has 0 spiro atoms. The fourth-order valence-corrected chi connectivity index (χ4v) is 1.57. The summed E-state index contributed by atoms with van der Waals surface area (Å²) in [4.78, 5) is 4.32. The maximum absolute atomic E-state index is 5.63. The van der Waals surface area contributed by atoms with Crippen LogP contribution in [0.25, 0.3) is 6.08 Å². The first-order valence-electron chi connectivity index (χ1n) is 4.19. The Kier molecular flexibility index (Phi) is 1.61. The average molecular weight is 160 g/mol. The van der Waals surface area contributed by atoms with E-state index in [1.54, 1.807) is 6.20 Å². The van der Waals surface area contributed by atoms with Crippen molar-refractivity contribution in [1.82, 2.24) is 4.98 Å². The van der Waals surface area contributed by atoms with Gasteiger partial charge in [0.2, 0.25) is 0 Å². The summed E-state index contributed by atoms with van der Waals surface area (Å²) >= 11 is 0. The lowest BCUT2D eigenvalue weighted by Gasteiger charge is -2.16. The van der Waals surface area contributed by atoms with Gasteiger partial charge < -0.3 is 5.73 Å². The molecule has 0 amide bonds. The van der Waals surface area contributed by atoms with Crippen molar-refractivity contribution in [3.8, 4) is 0 Å². The molecule has 2 nitrogen and oxygen atoms in total. The van der Waals surface area contributed by atoms with Gasteiger partial charge in [0.15, 0.2) is 0 Å². The van der Waals surface area contributed by atoms with Gasteiger partial charge >= 0.3 is 0 Å². The first kappa shape index (κ1) is 7.35. The van der Waals surface area contributed by atoms with Gasteiger partial charge in [-0.1, -0.05) is 19.1 Å². The van der Waals surface area contributed by atoms with E-state index in [1.807, 2.05) is 6.07 Å². The van der Waals surface area contributed by atoms with Gasteiger partial charge in [-0.05, 0) is 18.1 Å². The normalized spacial score (nSPS) is 20.6. The quantitative estimate of drug-likeness (QED) is 0.631. The number of aromatic nitrogens is 1. The van der Waals surface area contributed by atoms with Gasteiger partial charge in [-0.3, -0.25) is 4.98 Å². The molecule has 0 saturated heterocycles. The zero-order valence-corrected chi connectivity index (χ0v) is 7.12. The van der Waals surface area contributed by atoms with Crippen LogP contribution in [0.3, 0.4) is 0 Å². The predicted octanol–water partition coefficient (Wildman–Crippen LogP) is 2.18. The second-order valence-corrected chi connectivity index (χ2v) is 3.28. The van der Waals surface area contributed by atoms with Crippen molar-refractivity contribution in [3.63, 3.8) is 0 Å². The van der Waals surface area contributed by atoms with Crippen LogP contribution in [0, 0.1) is 0 Å². The SMILES string of the molecule is CC1CC=Cc2cc(N)cnc21. The van der Waals surface area contributed by atoms with Crippen LogP contribution in [0.2, 0.25) is 0 Å². The first-order chi connectivity index (χ1) is 5.77. The second-order valence-electron chi connectivity index (χ2n) is 3.28. The van der Waals surface area contributed by atoms with E-state index >= 15 is 0 Å². The van der Waals surface area contributed by atoms with Crippen LogP contribution in [-0.4, -0.2) is 4.98 Å². The number of nitrogens with zero attached hydrogens (tertiary/aromatic N) is 1. The van der Waals surface area contributed by atoms with Crippen LogP contribution in [0.15, 0.2) is 18.3 Å². The summed E-state index contributed by atoms with van der Waals surface area (Å²) in [6, 6.07) is 1.98. The summed E-state index contributed by atoms with van der Waals surface area (Å²) in [6.45, 7) is 2.19. The summed E-state index contributed by atoms with van der Waals surface area (Å²) < 4.78 is 0. The van der Waals surface area contributed by atoms with Gasteiger partial charge in [-0.15, -0.1) is 0 Å². The van der Waals surface area contributed by atoms with Gasteiger partial charge in [-0.2, -0.15) is 0 Å². The lowest BCUT2D eigenvalue weighted by molar-refractivity contribution is 0.740. The number of hydrogen-bond donors (Lipinski definition) is 1. The highest BCUT2D eigenvalue weighted by Gasteiger charge is 2.13. The van der Waals surface area contributed by atoms with E-state index in [2.05, 4.69) is 24.1 Å². The molecule has 12 heavy (non-hydrogen) atoms. The maximum Gasteiger partial charge on any atom is 0.0508 e. The highest BCUT2D eigenvalue weighted by Crippen LogP contribution is 2.27. The predicted molar refractivity (Wildman–Crippen MR) is 50.7 cm³/mol. The van der Waals surface area contributed by atoms with Gasteiger partial charge in [0, 0.05) is 5.92 Å². The molecular formula is C10H12N2. The smallest absolute Gasteiger partial charge is 0.0508 e. The zero-order chi connectivity index (χ0) is 8.55. The minimum Gasteiger partial charge on any atom is -0.397 e. The lowest BCUT2D eigenvalue weighted by atomic mass is 9.93. The number of anilines is 1. The number of pyridine rings is 1. The first-order valence-corrected chi connectivity index (χ1v) is 4.19. The Labute approximate surface area is 72.1 Å². The molecule has 2 N–H and O–H groups in total. The van der Waals surface area contributed by atoms with Crippen LogP contribution in [0.1, 0.15) is 30.5 Å². The molecule has 2 rings (SSSR count). The molecule has 1 heterocycles. The molecule has 0 bridgehead atoms. The summed E-state index contributed by atoms with van der Waals surface area (Å²) in [7, 11) is 0. The molecule has 0 fully saturated rings. The summed E-state index contributed by atoms with van der Waals surface area (Å²) in [5.41, 5.74) is 8.72. The second kappa shape index (κ2) is 2.63. The van der Waals surface area contributed by atoms with Crippen LogP contribution in [-0.2, 0) is 0 Å². The minimum absolute atomic E-state index is 0.533. The molecular weight excluding hydrogens is 148 g/mol. The van der Waals surface area contributed by atoms with Crippen molar-refractivity contribution < 1.29 is 0 Å². The number of rotatable bonds is 0. The van der Waals surface area contributed by atoms with Gasteiger partial charge in [0.1, 0.15) is 0 Å². The van der Waals surface area contributed by atoms with Gasteiger partial charge in [0.05, 0.1) is 17.6 Å². The number of hydrogen-bond acceptors (Lipinski definition) is 2. The van der Waals surface area contributed by atoms with E-state index in [4.69, 9.17) is 5.73 Å². The molecule has 0 saturated carbocycles. The fourth-order valence-electron chi connectivity index (χ4n) is 1.57. The molecule has 1 aliphatic rings. The Balaban J connectivity index is 2.55. The molecule has 0 aliphatic heterocycles. The summed E-state index contributed by atoms with van der Waals surface area (Å²) in [5, 5.41) is 0. The van der Waals surface area contributed by atoms with E-state index in [0.717, 1.165) is 12.1 Å². The van der Waals surface area contributed by atoms with Gasteiger partial charge in [0.25, 0.3) is 0 Å². The Bertz CT molecular complexity index is 329. The average Bonchev–Trinajstić information content (AvgIpc) is 2.04. The molecule has 1 aromatic rings. The van der Waals surface area contributed by atoms with Crippen LogP contribution >= 0.6 is 0 Å². The standard InChI is InChI=1S/C10H12N2/c1-7-3-2-4-8-5-9(11)6-12-10(7)8/h2,4-7H,3,11H2,1H3. The largest absolute Gasteiger partial charge is 0.397 e. The molecule has 1 unspecified atom stereocenters. The molecule has 2 heteroatoms. The van der Waals surface area contributed by atoms with E-state index < -0.39 is 0 Å². The minimum atomic E-state index is 0.533. The van der Waals surface area contributed by atoms with E-state index in [9.17, 15) is 0 Å². The van der Waals surface area contributed by atoms with Crippen LogP contribution in [0.5, 0.6) is 0 Å². The van der Waals surface area contributed by atoms with E-state index in [1.165, 1.54) is 11.3 Å². The van der Waals surface area contributed by atoms with Crippen LogP contribution in [0.4, 0.5) is 5.69 Å². The number of fused-ring (bicyclic) bond motifs is 1. The van der Waals surface area contributed by atoms with Crippen molar-refractivity contribution in [2.45, 2.75) is 19.3 Å². The third-order valence-corrected chi connectivity index (χ3v) is 2.22. The van der Waals surface area contributed by atoms with Crippen LogP contribution < -0.4 is 5.73 Å². The topological polar surface area (TPSA) is 38.9 Å². The van der Waals surface area contributed by atoms with Crippen molar-refractivity contribution in [3.05, 3.63) is 29.6 Å². The molecule has 0 aromatic carbocycles. The molecule has 1 atom stereocenters. The fraction of sp³-hybridized carbons (Fsp3) is 0.300. The molecule has 62 valence electrons. The van der Waals surface area contributed by atoms with Crippen molar-refractivity contribution >= 4 is 11.8 Å². The summed E-state index contributed by atoms with van der Waals surface area (Å²) in [6.07, 6.45) is 7.09. The van der Waals surface area contributed by atoms with E-state index in [-0.39, 0.29) is 0 Å². The number of nitrogens with two attached hydrogens (primary N) is 1. The highest BCUT2D eigenvalue weighted by molar-refractivity contribution is 5.59. The Morgan fingerprint density at radius 1 is 1.58 bits per heavy atom. The highest BCUT2D eigenvalue weighted by atomic mass is 14.7. The molecule has 1 aliphatic carbocycles. The molecule has 0 radical (unpaired) electrons. The van der Waals surface area contributed by atoms with E-state index in [0.29, 0.717) is 5.92 Å². The summed E-state index contributed by atoms with van der Waals surface area (Å²) in [5.74, 6) is 0.533. The third-order valence-electron chi connectivity index (χ3n) is 2.22. The van der Waals surface area contributed by atoms with Crippen molar-refractivity contribution in [2.75, 3.05) is 5.73 Å². The Morgan fingerprint density at radius 3 is 3.25 bits per heavy atom. The monoisotopic (exact) mass is 160 g/mol. The number of nitrogen functional groups attached to an aromatic ring is 1. The maximum atomic E-state index is 5.63.